The van der Waals surface area contributed by atoms with Crippen LogP contribution >= 0.6 is 11.8 Å². The first-order valence-electron chi connectivity index (χ1n) is 8.82. The van der Waals surface area contributed by atoms with E-state index in [0.29, 0.717) is 18.8 Å². The van der Waals surface area contributed by atoms with Gasteiger partial charge in [0.05, 0.1) is 17.7 Å². The molecular formula is C22H19F4NOS. The fraction of sp³-hybridized carbons (Fsp3) is 0.182. The molecule has 0 amide bonds. The Kier molecular flexibility index (Phi) is 6.69. The second-order valence-electron chi connectivity index (χ2n) is 6.33. The molecule has 0 N–H and O–H groups in total. The minimum absolute atomic E-state index is 0.185. The van der Waals surface area contributed by atoms with E-state index in [1.165, 1.54) is 7.11 Å². The van der Waals surface area contributed by atoms with Gasteiger partial charge in [0, 0.05) is 19.2 Å². The van der Waals surface area contributed by atoms with Gasteiger partial charge in [-0.05, 0) is 29.0 Å². The van der Waals surface area contributed by atoms with E-state index in [1.54, 1.807) is 0 Å². The summed E-state index contributed by atoms with van der Waals surface area (Å²) in [5, 5.41) is 0. The maximum absolute atomic E-state index is 14.5. The molecule has 3 aromatic rings. The highest BCUT2D eigenvalue weighted by molar-refractivity contribution is 8.00. The molecule has 0 atom stereocenters. The number of hydrogen-bond acceptors (Lipinski definition) is 3. The topological polar surface area (TPSA) is 12.5 Å². The van der Waals surface area contributed by atoms with Crippen molar-refractivity contribution < 1.29 is 22.3 Å². The summed E-state index contributed by atoms with van der Waals surface area (Å²) in [6.07, 6.45) is 0. The van der Waals surface area contributed by atoms with Crippen molar-refractivity contribution in [2.45, 2.75) is 23.5 Å². The molecule has 2 nitrogen and oxygen atoms in total. The number of alkyl halides is 3. The summed E-state index contributed by atoms with van der Waals surface area (Å²) in [5.74, 6) is -0.751. The van der Waals surface area contributed by atoms with Crippen molar-refractivity contribution in [2.75, 3.05) is 12.0 Å². The summed E-state index contributed by atoms with van der Waals surface area (Å²) in [7, 11) is 1.36. The lowest BCUT2D eigenvalue weighted by molar-refractivity contribution is -0.0329. The quantitative estimate of drug-likeness (QED) is 0.313. The molecule has 0 unspecified atom stereocenters. The maximum atomic E-state index is 14.5. The monoisotopic (exact) mass is 421 g/mol. The van der Waals surface area contributed by atoms with Crippen LogP contribution in [0.15, 0.2) is 77.7 Å². The molecule has 0 heterocycles. The minimum atomic E-state index is -4.58. The van der Waals surface area contributed by atoms with Gasteiger partial charge in [-0.1, -0.05) is 60.7 Å². The van der Waals surface area contributed by atoms with Crippen molar-refractivity contribution in [3.63, 3.8) is 0 Å². The second kappa shape index (κ2) is 9.22. The zero-order chi connectivity index (χ0) is 20.9. The van der Waals surface area contributed by atoms with E-state index in [9.17, 15) is 17.6 Å². The van der Waals surface area contributed by atoms with Gasteiger partial charge in [0.1, 0.15) is 11.6 Å². The van der Waals surface area contributed by atoms with Gasteiger partial charge >= 0.3 is 5.51 Å². The number of hydrogen-bond donors (Lipinski definition) is 0. The van der Waals surface area contributed by atoms with Gasteiger partial charge in [0.25, 0.3) is 0 Å². The molecule has 29 heavy (non-hydrogen) atoms. The molecule has 0 spiro atoms. The summed E-state index contributed by atoms with van der Waals surface area (Å²) in [6.45, 7) is 0.884. The molecule has 152 valence electrons. The zero-order valence-electron chi connectivity index (χ0n) is 15.6. The first-order valence-corrected chi connectivity index (χ1v) is 9.63. The second-order valence-corrected chi connectivity index (χ2v) is 7.44. The van der Waals surface area contributed by atoms with E-state index in [1.807, 2.05) is 65.6 Å². The van der Waals surface area contributed by atoms with Crippen LogP contribution in [0, 0.1) is 5.82 Å². The normalized spacial score (nSPS) is 11.3. The summed E-state index contributed by atoms with van der Waals surface area (Å²) >= 11 is -0.488. The lowest BCUT2D eigenvalue weighted by Gasteiger charge is -2.27. The van der Waals surface area contributed by atoms with E-state index >= 15 is 0 Å². The minimum Gasteiger partial charge on any atom is -0.495 e. The van der Waals surface area contributed by atoms with Crippen molar-refractivity contribution in [1.82, 2.24) is 0 Å². The Balaban J connectivity index is 2.00. The van der Waals surface area contributed by atoms with E-state index in [2.05, 4.69) is 0 Å². The van der Waals surface area contributed by atoms with Crippen molar-refractivity contribution in [3.05, 3.63) is 89.7 Å². The molecule has 0 aromatic heterocycles. The fourth-order valence-electron chi connectivity index (χ4n) is 2.97. The highest BCUT2D eigenvalue weighted by atomic mass is 32.2. The summed E-state index contributed by atoms with van der Waals surface area (Å²) in [6, 6.07) is 21.4. The number of rotatable bonds is 7. The summed E-state index contributed by atoms with van der Waals surface area (Å²) < 4.78 is 58.1. The van der Waals surface area contributed by atoms with Crippen LogP contribution in [0.3, 0.4) is 0 Å². The molecule has 3 aromatic carbocycles. The highest BCUT2D eigenvalue weighted by Crippen LogP contribution is 2.42. The summed E-state index contributed by atoms with van der Waals surface area (Å²) in [4.78, 5) is 1.37. The predicted molar refractivity (Wildman–Crippen MR) is 108 cm³/mol. The highest BCUT2D eigenvalue weighted by Gasteiger charge is 2.31. The first kappa shape index (κ1) is 21.0. The van der Waals surface area contributed by atoms with Gasteiger partial charge in [-0.2, -0.15) is 13.2 Å². The van der Waals surface area contributed by atoms with Crippen LogP contribution in [-0.2, 0) is 13.1 Å². The van der Waals surface area contributed by atoms with E-state index in [4.69, 9.17) is 4.74 Å². The van der Waals surface area contributed by atoms with Crippen LogP contribution in [0.4, 0.5) is 23.2 Å². The molecule has 3 rings (SSSR count). The van der Waals surface area contributed by atoms with Crippen LogP contribution in [-0.4, -0.2) is 12.6 Å². The average molecular weight is 421 g/mol. The Morgan fingerprint density at radius 2 is 1.38 bits per heavy atom. The Morgan fingerprint density at radius 3 is 1.83 bits per heavy atom. The number of nitrogens with zero attached hydrogens (tertiary/aromatic N) is 1. The molecule has 0 aliphatic carbocycles. The third kappa shape index (κ3) is 5.90. The van der Waals surface area contributed by atoms with Gasteiger partial charge in [0.2, 0.25) is 0 Å². The molecule has 7 heteroatoms. The lowest BCUT2D eigenvalue weighted by Crippen LogP contribution is -2.23. The van der Waals surface area contributed by atoms with E-state index in [-0.39, 0.29) is 5.75 Å². The summed E-state index contributed by atoms with van der Waals surface area (Å²) in [5.41, 5.74) is -2.22. The standard InChI is InChI=1S/C22H19F4NOS/c1-28-20-13-21(29-22(24,25)26)18(23)12-19(20)27(14-16-8-4-2-5-9-16)15-17-10-6-3-7-11-17/h2-13H,14-15H2,1H3. The zero-order valence-corrected chi connectivity index (χ0v) is 16.4. The first-order chi connectivity index (χ1) is 13.9. The Hall–Kier alpha value is -2.67. The number of benzene rings is 3. The number of anilines is 1. The third-order valence-electron chi connectivity index (χ3n) is 4.23. The van der Waals surface area contributed by atoms with Crippen molar-refractivity contribution >= 4 is 17.4 Å². The van der Waals surface area contributed by atoms with Gasteiger partial charge in [0.15, 0.2) is 0 Å². The van der Waals surface area contributed by atoms with Crippen molar-refractivity contribution in [1.29, 1.82) is 0 Å². The van der Waals surface area contributed by atoms with Crippen molar-refractivity contribution in [3.8, 4) is 5.75 Å². The van der Waals surface area contributed by atoms with Crippen LogP contribution in [0.25, 0.3) is 0 Å². The number of methoxy groups -OCH3 is 1. The maximum Gasteiger partial charge on any atom is 0.446 e. The van der Waals surface area contributed by atoms with Gasteiger partial charge in [-0.25, -0.2) is 4.39 Å². The Labute approximate surface area is 171 Å². The predicted octanol–water partition coefficient (Wildman–Crippen LogP) is 6.65. The van der Waals surface area contributed by atoms with E-state index in [0.717, 1.165) is 23.3 Å². The molecule has 0 bridgehead atoms. The molecular weight excluding hydrogens is 402 g/mol. The van der Waals surface area contributed by atoms with E-state index < -0.39 is 28.0 Å². The van der Waals surface area contributed by atoms with Crippen molar-refractivity contribution in [2.24, 2.45) is 0 Å². The number of thioether (sulfide) groups is 1. The van der Waals surface area contributed by atoms with Crippen LogP contribution in [0.1, 0.15) is 11.1 Å². The molecule has 0 fully saturated rings. The SMILES string of the molecule is COc1cc(SC(F)(F)F)c(F)cc1N(Cc1ccccc1)Cc1ccccc1. The van der Waals surface area contributed by atoms with Gasteiger partial charge in [-0.15, -0.1) is 0 Å². The smallest absolute Gasteiger partial charge is 0.446 e. The van der Waals surface area contributed by atoms with Crippen LogP contribution < -0.4 is 9.64 Å². The average Bonchev–Trinajstić information content (AvgIpc) is 2.69. The van der Waals surface area contributed by atoms with Crippen LogP contribution in [0.2, 0.25) is 0 Å². The third-order valence-corrected chi connectivity index (χ3v) is 5.00. The molecule has 0 saturated heterocycles. The molecule has 0 aliphatic heterocycles. The fourth-order valence-corrected chi connectivity index (χ4v) is 3.54. The van der Waals surface area contributed by atoms with Gasteiger partial charge in [-0.3, -0.25) is 0 Å². The number of ether oxygens (including phenoxy) is 1. The number of halogens is 4. The molecule has 0 saturated carbocycles. The largest absolute Gasteiger partial charge is 0.495 e. The van der Waals surface area contributed by atoms with Crippen LogP contribution in [0.5, 0.6) is 5.75 Å². The molecule has 0 radical (unpaired) electrons. The Bertz CT molecular complexity index is 891. The Morgan fingerprint density at radius 1 is 0.862 bits per heavy atom. The molecule has 0 aliphatic rings. The van der Waals surface area contributed by atoms with Gasteiger partial charge < -0.3 is 9.64 Å². The lowest BCUT2D eigenvalue weighted by atomic mass is 10.1.